The third-order valence-electron chi connectivity index (χ3n) is 1.89. The zero-order chi connectivity index (χ0) is 12.0. The minimum Gasteiger partial charge on any atom is -0.489 e. The average molecular weight is 245 g/mol. The van der Waals surface area contributed by atoms with Crippen molar-refractivity contribution in [2.24, 2.45) is 0 Å². The van der Waals surface area contributed by atoms with Gasteiger partial charge in [-0.2, -0.15) is 0 Å². The zero-order valence-corrected chi connectivity index (χ0v) is 10.3. The fraction of sp³-hybridized carbons (Fsp3) is 0.500. The molecular weight excluding hydrogens is 228 g/mol. The topological polar surface area (TPSA) is 38.7 Å². The summed E-state index contributed by atoms with van der Waals surface area (Å²) in [5.41, 5.74) is 0. The van der Waals surface area contributed by atoms with E-state index in [1.165, 1.54) is 0 Å². The SMILES string of the molecule is CC(C)OCC(O)COc1ccccc1Cl. The van der Waals surface area contributed by atoms with Crippen LogP contribution in [-0.4, -0.2) is 30.5 Å². The van der Waals surface area contributed by atoms with E-state index in [-0.39, 0.29) is 19.3 Å². The van der Waals surface area contributed by atoms with Crippen molar-refractivity contribution in [1.29, 1.82) is 0 Å². The van der Waals surface area contributed by atoms with Crippen molar-refractivity contribution in [1.82, 2.24) is 0 Å². The molecule has 90 valence electrons. The zero-order valence-electron chi connectivity index (χ0n) is 9.52. The third kappa shape index (κ3) is 4.84. The highest BCUT2D eigenvalue weighted by atomic mass is 35.5. The first-order valence-electron chi connectivity index (χ1n) is 5.26. The number of halogens is 1. The number of benzene rings is 1. The molecular formula is C12H17ClO3. The smallest absolute Gasteiger partial charge is 0.138 e. The van der Waals surface area contributed by atoms with Gasteiger partial charge in [0.2, 0.25) is 0 Å². The third-order valence-corrected chi connectivity index (χ3v) is 2.20. The summed E-state index contributed by atoms with van der Waals surface area (Å²) >= 11 is 5.90. The monoisotopic (exact) mass is 244 g/mol. The Morgan fingerprint density at radius 2 is 1.94 bits per heavy atom. The number of hydrogen-bond acceptors (Lipinski definition) is 3. The molecule has 0 aromatic heterocycles. The highest BCUT2D eigenvalue weighted by molar-refractivity contribution is 6.32. The normalized spacial score (nSPS) is 12.8. The number of aliphatic hydroxyl groups excluding tert-OH is 1. The van der Waals surface area contributed by atoms with Gasteiger partial charge in [-0.25, -0.2) is 0 Å². The van der Waals surface area contributed by atoms with Gasteiger partial charge in [0.25, 0.3) is 0 Å². The van der Waals surface area contributed by atoms with Gasteiger partial charge in [-0.15, -0.1) is 0 Å². The van der Waals surface area contributed by atoms with E-state index in [2.05, 4.69) is 0 Å². The van der Waals surface area contributed by atoms with E-state index in [1.54, 1.807) is 12.1 Å². The summed E-state index contributed by atoms with van der Waals surface area (Å²) in [6.07, 6.45) is -0.534. The molecule has 0 fully saturated rings. The van der Waals surface area contributed by atoms with Gasteiger partial charge in [0.05, 0.1) is 17.7 Å². The predicted octanol–water partition coefficient (Wildman–Crippen LogP) is 2.50. The van der Waals surface area contributed by atoms with Crippen LogP contribution in [0.25, 0.3) is 0 Å². The second kappa shape index (κ2) is 6.74. The molecule has 0 bridgehead atoms. The lowest BCUT2D eigenvalue weighted by Crippen LogP contribution is -2.25. The number of ether oxygens (including phenoxy) is 2. The van der Waals surface area contributed by atoms with Crippen LogP contribution in [0.1, 0.15) is 13.8 Å². The van der Waals surface area contributed by atoms with Gasteiger partial charge in [-0.3, -0.25) is 0 Å². The molecule has 1 aromatic carbocycles. The maximum atomic E-state index is 9.56. The Labute approximate surface area is 101 Å². The fourth-order valence-corrected chi connectivity index (χ4v) is 1.29. The molecule has 0 heterocycles. The first-order chi connectivity index (χ1) is 7.59. The summed E-state index contributed by atoms with van der Waals surface area (Å²) < 4.78 is 10.6. The van der Waals surface area contributed by atoms with Crippen molar-refractivity contribution in [3.8, 4) is 5.75 Å². The summed E-state index contributed by atoms with van der Waals surface area (Å²) in [5, 5.41) is 10.1. The molecule has 1 N–H and O–H groups in total. The van der Waals surface area contributed by atoms with Crippen LogP contribution >= 0.6 is 11.6 Å². The van der Waals surface area contributed by atoms with Gasteiger partial charge in [0, 0.05) is 0 Å². The van der Waals surface area contributed by atoms with Crippen LogP contribution in [0, 0.1) is 0 Å². The highest BCUT2D eigenvalue weighted by Crippen LogP contribution is 2.23. The lowest BCUT2D eigenvalue weighted by Gasteiger charge is -2.14. The van der Waals surface area contributed by atoms with E-state index in [0.29, 0.717) is 10.8 Å². The molecule has 3 nitrogen and oxygen atoms in total. The molecule has 0 radical (unpaired) electrons. The van der Waals surface area contributed by atoms with Gasteiger partial charge < -0.3 is 14.6 Å². The molecule has 0 amide bonds. The molecule has 1 atom stereocenters. The second-order valence-electron chi connectivity index (χ2n) is 3.78. The Kier molecular flexibility index (Phi) is 5.60. The minimum absolute atomic E-state index is 0.106. The van der Waals surface area contributed by atoms with Crippen LogP contribution in [-0.2, 0) is 4.74 Å². The lowest BCUT2D eigenvalue weighted by atomic mass is 10.3. The summed E-state index contributed by atoms with van der Waals surface area (Å²) in [6.45, 7) is 4.28. The van der Waals surface area contributed by atoms with Gasteiger partial charge in [-0.05, 0) is 26.0 Å². The van der Waals surface area contributed by atoms with Crippen molar-refractivity contribution >= 4 is 11.6 Å². The molecule has 1 rings (SSSR count). The Hall–Kier alpha value is -0.770. The first kappa shape index (κ1) is 13.3. The molecule has 0 saturated heterocycles. The highest BCUT2D eigenvalue weighted by Gasteiger charge is 2.08. The molecule has 4 heteroatoms. The fourth-order valence-electron chi connectivity index (χ4n) is 1.10. The van der Waals surface area contributed by atoms with Gasteiger partial charge in [0.1, 0.15) is 18.5 Å². The first-order valence-corrected chi connectivity index (χ1v) is 5.64. The predicted molar refractivity (Wildman–Crippen MR) is 64.0 cm³/mol. The maximum Gasteiger partial charge on any atom is 0.138 e. The molecule has 0 spiro atoms. The van der Waals surface area contributed by atoms with Gasteiger partial charge in [-0.1, -0.05) is 23.7 Å². The standard InChI is InChI=1S/C12H17ClO3/c1-9(2)15-7-10(14)8-16-12-6-4-3-5-11(12)13/h3-6,9-10,14H,7-8H2,1-2H3. The number of aliphatic hydroxyl groups is 1. The van der Waals surface area contributed by atoms with Crippen LogP contribution in [0.15, 0.2) is 24.3 Å². The Morgan fingerprint density at radius 1 is 1.25 bits per heavy atom. The Bertz CT molecular complexity index is 315. The summed E-state index contributed by atoms with van der Waals surface area (Å²) in [6, 6.07) is 7.16. The Morgan fingerprint density at radius 3 is 2.56 bits per heavy atom. The summed E-state index contributed by atoms with van der Waals surface area (Å²) in [4.78, 5) is 0. The van der Waals surface area contributed by atoms with Crippen molar-refractivity contribution in [3.05, 3.63) is 29.3 Å². The van der Waals surface area contributed by atoms with E-state index in [9.17, 15) is 5.11 Å². The van der Waals surface area contributed by atoms with Crippen LogP contribution in [0.5, 0.6) is 5.75 Å². The van der Waals surface area contributed by atoms with Gasteiger partial charge in [0.15, 0.2) is 0 Å². The van der Waals surface area contributed by atoms with Crippen LogP contribution < -0.4 is 4.74 Å². The van der Waals surface area contributed by atoms with Gasteiger partial charge >= 0.3 is 0 Å². The van der Waals surface area contributed by atoms with Crippen LogP contribution in [0.2, 0.25) is 5.02 Å². The van der Waals surface area contributed by atoms with Crippen molar-refractivity contribution in [3.63, 3.8) is 0 Å². The second-order valence-corrected chi connectivity index (χ2v) is 4.18. The van der Waals surface area contributed by atoms with Crippen molar-refractivity contribution in [2.45, 2.75) is 26.1 Å². The summed E-state index contributed by atoms with van der Waals surface area (Å²) in [5.74, 6) is 0.577. The molecule has 1 aromatic rings. The maximum absolute atomic E-state index is 9.56. The van der Waals surface area contributed by atoms with Crippen molar-refractivity contribution < 1.29 is 14.6 Å². The quantitative estimate of drug-likeness (QED) is 0.836. The number of para-hydroxylation sites is 1. The number of rotatable bonds is 6. The minimum atomic E-state index is -0.640. The largest absolute Gasteiger partial charge is 0.489 e. The van der Waals surface area contributed by atoms with E-state index >= 15 is 0 Å². The molecule has 0 aliphatic rings. The van der Waals surface area contributed by atoms with E-state index in [4.69, 9.17) is 21.1 Å². The molecule has 0 aliphatic carbocycles. The number of hydrogen-bond donors (Lipinski definition) is 1. The summed E-state index contributed by atoms with van der Waals surface area (Å²) in [7, 11) is 0. The van der Waals surface area contributed by atoms with E-state index in [1.807, 2.05) is 26.0 Å². The van der Waals surface area contributed by atoms with E-state index < -0.39 is 6.10 Å². The molecule has 1 unspecified atom stereocenters. The van der Waals surface area contributed by atoms with Crippen LogP contribution in [0.4, 0.5) is 0 Å². The molecule has 0 saturated carbocycles. The molecule has 0 aliphatic heterocycles. The molecule has 16 heavy (non-hydrogen) atoms. The van der Waals surface area contributed by atoms with Crippen molar-refractivity contribution in [2.75, 3.05) is 13.2 Å². The average Bonchev–Trinajstić information content (AvgIpc) is 2.25. The Balaban J connectivity index is 2.31. The van der Waals surface area contributed by atoms with E-state index in [0.717, 1.165) is 0 Å². The lowest BCUT2D eigenvalue weighted by molar-refractivity contribution is -0.0122. The van der Waals surface area contributed by atoms with Crippen LogP contribution in [0.3, 0.4) is 0 Å².